The van der Waals surface area contributed by atoms with Gasteiger partial charge in [0.2, 0.25) is 0 Å². The Morgan fingerprint density at radius 1 is 0.938 bits per heavy atom. The van der Waals surface area contributed by atoms with Crippen LogP contribution in [-0.4, -0.2) is 56.0 Å². The van der Waals surface area contributed by atoms with E-state index in [2.05, 4.69) is 48.9 Å². The highest BCUT2D eigenvalue weighted by Crippen LogP contribution is 2.40. The van der Waals surface area contributed by atoms with Gasteiger partial charge in [-0.25, -0.2) is 19.9 Å². The van der Waals surface area contributed by atoms with Gasteiger partial charge < -0.3 is 9.47 Å². The van der Waals surface area contributed by atoms with Crippen molar-refractivity contribution in [1.82, 2.24) is 29.9 Å². The molecule has 0 saturated heterocycles. The molecule has 2 aliphatic rings. The molecule has 4 heterocycles. The van der Waals surface area contributed by atoms with E-state index >= 15 is 0 Å². The second-order valence-corrected chi connectivity index (χ2v) is 14.1. The van der Waals surface area contributed by atoms with Crippen LogP contribution in [0.4, 0.5) is 0 Å². The van der Waals surface area contributed by atoms with E-state index in [1.54, 1.807) is 24.8 Å². The molecule has 0 bridgehead atoms. The third kappa shape index (κ3) is 8.19. The number of hydrogen-bond donors (Lipinski definition) is 0. The van der Waals surface area contributed by atoms with Crippen LogP contribution in [0.1, 0.15) is 93.6 Å². The number of methoxy groups -OCH3 is 1. The Balaban J connectivity index is 1.17. The van der Waals surface area contributed by atoms with Crippen molar-refractivity contribution in [2.24, 2.45) is 11.8 Å². The average molecular weight is 647 g/mol. The fourth-order valence-electron chi connectivity index (χ4n) is 6.97. The van der Waals surface area contributed by atoms with Gasteiger partial charge in [-0.3, -0.25) is 14.8 Å². The Morgan fingerprint density at radius 3 is 2.35 bits per heavy atom. The smallest absolute Gasteiger partial charge is 0.316 e. The minimum absolute atomic E-state index is 0.0450. The van der Waals surface area contributed by atoms with E-state index in [1.807, 2.05) is 24.4 Å². The monoisotopic (exact) mass is 646 g/mol. The summed E-state index contributed by atoms with van der Waals surface area (Å²) in [7, 11) is 1.53. The van der Waals surface area contributed by atoms with Crippen molar-refractivity contribution < 1.29 is 14.3 Å². The maximum atomic E-state index is 14.0. The Morgan fingerprint density at radius 2 is 1.71 bits per heavy atom. The van der Waals surface area contributed by atoms with Gasteiger partial charge in [0, 0.05) is 48.8 Å². The second kappa shape index (κ2) is 15.2. The number of carbonyl (C=O) groups is 1. The molecule has 1 aliphatic heterocycles. The SMILES string of the molecule is COc1ncc(-c2cnc(C(C(=O)CCc3ccccc3)C3CCC(Cc4ncc(C(C)(C)C)c(C5=CCOCC5)n4)CC3)cn2)cn1. The van der Waals surface area contributed by atoms with Crippen molar-refractivity contribution in [3.63, 3.8) is 0 Å². The van der Waals surface area contributed by atoms with Gasteiger partial charge >= 0.3 is 6.01 Å². The molecule has 0 spiro atoms. The number of hydrogen-bond acceptors (Lipinski definition) is 9. The number of carbonyl (C=O) groups excluding carboxylic acids is 1. The molecule has 48 heavy (non-hydrogen) atoms. The lowest BCUT2D eigenvalue weighted by Crippen LogP contribution is -2.28. The fraction of sp³-hybridized carbons (Fsp3) is 0.462. The zero-order valence-corrected chi connectivity index (χ0v) is 28.6. The topological polar surface area (TPSA) is 113 Å². The lowest BCUT2D eigenvalue weighted by atomic mass is 9.72. The Kier molecular flexibility index (Phi) is 10.6. The highest BCUT2D eigenvalue weighted by Gasteiger charge is 2.34. The normalized spacial score (nSPS) is 19.0. The minimum Gasteiger partial charge on any atom is -0.467 e. The second-order valence-electron chi connectivity index (χ2n) is 14.1. The van der Waals surface area contributed by atoms with Gasteiger partial charge in [-0.2, -0.15) is 0 Å². The molecule has 1 atom stereocenters. The van der Waals surface area contributed by atoms with Crippen molar-refractivity contribution in [1.29, 1.82) is 0 Å². The molecular weight excluding hydrogens is 600 g/mol. The summed E-state index contributed by atoms with van der Waals surface area (Å²) in [4.78, 5) is 41.9. The highest BCUT2D eigenvalue weighted by molar-refractivity contribution is 5.86. The van der Waals surface area contributed by atoms with E-state index in [9.17, 15) is 4.79 Å². The Labute approximate surface area is 283 Å². The summed E-state index contributed by atoms with van der Waals surface area (Å²) < 4.78 is 10.7. The summed E-state index contributed by atoms with van der Waals surface area (Å²) in [5.41, 5.74) is 6.81. The quantitative estimate of drug-likeness (QED) is 0.167. The molecule has 4 aromatic rings. The number of ether oxygens (including phenoxy) is 2. The van der Waals surface area contributed by atoms with Crippen LogP contribution in [0.15, 0.2) is 67.4 Å². The van der Waals surface area contributed by atoms with Crippen LogP contribution in [0, 0.1) is 11.8 Å². The molecule has 1 aliphatic carbocycles. The number of nitrogens with zero attached hydrogens (tertiary/aromatic N) is 6. The van der Waals surface area contributed by atoms with Gasteiger partial charge in [0.25, 0.3) is 0 Å². The minimum atomic E-state index is -0.294. The first-order valence-electron chi connectivity index (χ1n) is 17.2. The van der Waals surface area contributed by atoms with E-state index in [4.69, 9.17) is 29.4 Å². The van der Waals surface area contributed by atoms with Crippen molar-refractivity contribution in [3.8, 4) is 17.3 Å². The highest BCUT2D eigenvalue weighted by atomic mass is 16.5. The first kappa shape index (κ1) is 33.5. The molecule has 250 valence electrons. The third-order valence-electron chi connectivity index (χ3n) is 9.69. The standard InChI is InChI=1S/C39H46N6O3/c1-39(2,3)31-23-42-35(45-37(31)29-16-18-48-19-17-29)20-27-10-13-28(14-11-27)36(34(46)15-12-26-8-6-5-7-9-26)33-25-40-32(24-41-33)30-21-43-38(47-4)44-22-30/h5-9,16,21-25,27-28,36H,10-15,17-20H2,1-4H3. The van der Waals surface area contributed by atoms with Crippen LogP contribution in [0.5, 0.6) is 6.01 Å². The Hall–Kier alpha value is -4.37. The van der Waals surface area contributed by atoms with Crippen LogP contribution in [0.25, 0.3) is 16.8 Å². The molecule has 0 amide bonds. The van der Waals surface area contributed by atoms with Gasteiger partial charge in [0.05, 0.1) is 49.5 Å². The van der Waals surface area contributed by atoms with Gasteiger partial charge in [-0.15, -0.1) is 0 Å². The lowest BCUT2D eigenvalue weighted by Gasteiger charge is -2.33. The third-order valence-corrected chi connectivity index (χ3v) is 9.69. The summed E-state index contributed by atoms with van der Waals surface area (Å²) in [6, 6.07) is 10.5. The van der Waals surface area contributed by atoms with Crippen LogP contribution in [0.3, 0.4) is 0 Å². The Bertz CT molecular complexity index is 1690. The van der Waals surface area contributed by atoms with E-state index in [0.717, 1.165) is 67.9 Å². The summed E-state index contributed by atoms with van der Waals surface area (Å²) in [6.45, 7) is 8.03. The van der Waals surface area contributed by atoms with Gasteiger partial charge in [-0.1, -0.05) is 57.2 Å². The van der Waals surface area contributed by atoms with E-state index < -0.39 is 0 Å². The summed E-state index contributed by atoms with van der Waals surface area (Å²) >= 11 is 0. The largest absolute Gasteiger partial charge is 0.467 e. The first-order valence-corrected chi connectivity index (χ1v) is 17.2. The maximum absolute atomic E-state index is 14.0. The van der Waals surface area contributed by atoms with Crippen LogP contribution in [0.2, 0.25) is 0 Å². The number of benzene rings is 1. The molecular formula is C39H46N6O3. The van der Waals surface area contributed by atoms with Crippen molar-refractivity contribution >= 4 is 11.4 Å². The number of rotatable bonds is 11. The predicted octanol–water partition coefficient (Wildman–Crippen LogP) is 7.17. The predicted molar refractivity (Wildman–Crippen MR) is 185 cm³/mol. The number of ketones is 1. The lowest BCUT2D eigenvalue weighted by molar-refractivity contribution is -0.122. The average Bonchev–Trinajstić information content (AvgIpc) is 3.12. The van der Waals surface area contributed by atoms with Crippen molar-refractivity contribution in [2.45, 2.75) is 83.5 Å². The summed E-state index contributed by atoms with van der Waals surface area (Å²) in [5, 5.41) is 0. The van der Waals surface area contributed by atoms with Gasteiger partial charge in [0.15, 0.2) is 0 Å². The van der Waals surface area contributed by atoms with Gasteiger partial charge in [-0.05, 0) is 66.9 Å². The van der Waals surface area contributed by atoms with Crippen LogP contribution >= 0.6 is 0 Å². The zero-order chi connectivity index (χ0) is 33.5. The number of aromatic nitrogens is 6. The van der Waals surface area contributed by atoms with Crippen LogP contribution < -0.4 is 4.74 Å². The molecule has 9 heteroatoms. The summed E-state index contributed by atoms with van der Waals surface area (Å²) in [6.07, 6.45) is 17.9. The number of Topliss-reactive ketones (excluding diaryl/α,β-unsaturated/α-hetero) is 1. The van der Waals surface area contributed by atoms with E-state index in [0.29, 0.717) is 37.1 Å². The van der Waals surface area contributed by atoms with Crippen molar-refractivity contribution in [3.05, 3.63) is 95.7 Å². The van der Waals surface area contributed by atoms with Gasteiger partial charge in [0.1, 0.15) is 11.6 Å². The maximum Gasteiger partial charge on any atom is 0.316 e. The van der Waals surface area contributed by atoms with Crippen LogP contribution in [-0.2, 0) is 27.8 Å². The molecule has 0 radical (unpaired) electrons. The molecule has 9 nitrogen and oxygen atoms in total. The molecule has 1 saturated carbocycles. The zero-order valence-electron chi connectivity index (χ0n) is 28.6. The first-order chi connectivity index (χ1) is 23.3. The van der Waals surface area contributed by atoms with Crippen molar-refractivity contribution in [2.75, 3.05) is 20.3 Å². The van der Waals surface area contributed by atoms with E-state index in [1.165, 1.54) is 23.8 Å². The summed E-state index contributed by atoms with van der Waals surface area (Å²) in [5.74, 6) is 1.53. The molecule has 0 N–H and O–H groups in total. The number of aryl methyl sites for hydroxylation is 1. The van der Waals surface area contributed by atoms with E-state index in [-0.39, 0.29) is 23.0 Å². The molecule has 3 aromatic heterocycles. The fourth-order valence-corrected chi connectivity index (χ4v) is 6.97. The molecule has 6 rings (SSSR count). The molecule has 1 fully saturated rings. The molecule has 1 unspecified atom stereocenters. The molecule has 1 aromatic carbocycles.